The molecule has 2 heterocycles. The van der Waals surface area contributed by atoms with E-state index in [2.05, 4.69) is 5.32 Å². The van der Waals surface area contributed by atoms with Crippen LogP contribution in [-0.4, -0.2) is 46.6 Å². The van der Waals surface area contributed by atoms with Gasteiger partial charge >= 0.3 is 0 Å². The van der Waals surface area contributed by atoms with Gasteiger partial charge in [-0.15, -0.1) is 0 Å². The van der Waals surface area contributed by atoms with Crippen molar-refractivity contribution >= 4 is 28.9 Å². The van der Waals surface area contributed by atoms with E-state index in [9.17, 15) is 29.4 Å². The lowest BCUT2D eigenvalue weighted by atomic mass is 9.70. The molecule has 0 spiro atoms. The lowest BCUT2D eigenvalue weighted by Crippen LogP contribution is -2.42. The Morgan fingerprint density at radius 2 is 1.84 bits per heavy atom. The molecule has 0 unspecified atom stereocenters. The number of allylic oxidation sites excluding steroid dienone is 4. The van der Waals surface area contributed by atoms with E-state index >= 15 is 0 Å². The Morgan fingerprint density at radius 1 is 1.14 bits per heavy atom. The number of phenols is 2. The maximum absolute atomic E-state index is 13.8. The number of nitrogens with zero attached hydrogens (tertiary/aromatic N) is 1. The van der Waals surface area contributed by atoms with Crippen LogP contribution in [0.15, 0.2) is 47.4 Å². The average molecular weight is 503 g/mol. The molecule has 37 heavy (non-hydrogen) atoms. The molecular weight excluding hydrogens is 476 g/mol. The van der Waals surface area contributed by atoms with Crippen molar-refractivity contribution in [2.75, 3.05) is 18.0 Å². The Labute approximate surface area is 213 Å². The molecule has 1 amide bonds. The summed E-state index contributed by atoms with van der Waals surface area (Å²) in [6.45, 7) is 6.12. The van der Waals surface area contributed by atoms with Crippen molar-refractivity contribution in [1.29, 1.82) is 0 Å². The minimum Gasteiger partial charge on any atom is -0.507 e. The zero-order valence-electron chi connectivity index (χ0n) is 20.9. The predicted molar refractivity (Wildman–Crippen MR) is 134 cm³/mol. The highest BCUT2D eigenvalue weighted by atomic mass is 16.5. The van der Waals surface area contributed by atoms with Gasteiger partial charge in [-0.05, 0) is 45.7 Å². The molecule has 0 radical (unpaired) electrons. The van der Waals surface area contributed by atoms with Crippen LogP contribution in [-0.2, 0) is 26.2 Å². The van der Waals surface area contributed by atoms with Gasteiger partial charge in [-0.2, -0.15) is 0 Å². The van der Waals surface area contributed by atoms with Gasteiger partial charge in [-0.25, -0.2) is 0 Å². The molecule has 0 aromatic heterocycles. The van der Waals surface area contributed by atoms with Crippen molar-refractivity contribution in [3.8, 4) is 17.2 Å². The molecule has 0 saturated heterocycles. The first-order valence-corrected chi connectivity index (χ1v) is 11.9. The number of hydrogen-bond donors (Lipinski definition) is 3. The van der Waals surface area contributed by atoms with Crippen molar-refractivity contribution in [2.24, 2.45) is 0 Å². The van der Waals surface area contributed by atoms with Crippen LogP contribution in [0.2, 0.25) is 0 Å². The number of Topliss-reactive ketones (excluding diaryl/α,β-unsaturated/α-hetero) is 2. The molecule has 3 N–H and O–H groups in total. The first kappa shape index (κ1) is 24.3. The fourth-order valence-corrected chi connectivity index (χ4v) is 5.35. The molecule has 2 aromatic carbocycles. The third-order valence-electron chi connectivity index (χ3n) is 7.45. The van der Waals surface area contributed by atoms with Crippen LogP contribution >= 0.6 is 0 Å². The van der Waals surface area contributed by atoms with Crippen LogP contribution in [0.5, 0.6) is 17.2 Å². The monoisotopic (exact) mass is 502 g/mol. The van der Waals surface area contributed by atoms with Crippen molar-refractivity contribution in [1.82, 2.24) is 5.32 Å². The van der Waals surface area contributed by atoms with E-state index in [0.29, 0.717) is 6.54 Å². The SMILES string of the molecule is CC(=O)c1c(O)c(C)c(O)c2c1OC1=CC(=O)/C(=C(/C)NCC(=O)N3CCc4ccccc43)C(=O)[C@@]12C. The average Bonchev–Trinajstić information content (AvgIpc) is 3.41. The molecule has 9 heteroatoms. The number of nitrogens with one attached hydrogen (secondary N) is 1. The van der Waals surface area contributed by atoms with Gasteiger partial charge in [0.1, 0.15) is 34.0 Å². The Hall–Kier alpha value is -4.40. The quantitative estimate of drug-likeness (QED) is 0.330. The normalized spacial score (nSPS) is 21.1. The van der Waals surface area contributed by atoms with Crippen LogP contribution in [0, 0.1) is 6.92 Å². The standard InChI is InChI=1S/C28H26N2O7/c1-13-24(34)22(15(3)31)26-23(25(13)35)28(4)19(37-26)11-18(32)21(27(28)36)14(2)29-12-20(33)30-10-9-16-7-5-6-8-17(16)30/h5-8,11,29,34-35H,9-10,12H2,1-4H3/b21-14+/t28-/m0/s1. The van der Waals surface area contributed by atoms with Crippen molar-refractivity contribution in [3.05, 3.63) is 69.6 Å². The molecule has 0 fully saturated rings. The van der Waals surface area contributed by atoms with Gasteiger partial charge in [-0.1, -0.05) is 18.2 Å². The topological polar surface area (TPSA) is 133 Å². The maximum atomic E-state index is 13.8. The number of phenolic OH excluding ortho intramolecular Hbond substituents is 2. The van der Waals surface area contributed by atoms with Gasteiger partial charge in [0.2, 0.25) is 5.91 Å². The highest BCUT2D eigenvalue weighted by molar-refractivity contribution is 6.31. The summed E-state index contributed by atoms with van der Waals surface area (Å²) in [6, 6.07) is 7.65. The van der Waals surface area contributed by atoms with Crippen LogP contribution in [0.3, 0.4) is 0 Å². The number of aromatic hydroxyl groups is 2. The molecule has 5 rings (SSSR count). The van der Waals surface area contributed by atoms with Gasteiger partial charge in [0.15, 0.2) is 17.3 Å². The van der Waals surface area contributed by atoms with E-state index in [1.54, 1.807) is 4.90 Å². The second kappa shape index (κ2) is 8.33. The number of anilines is 1. The van der Waals surface area contributed by atoms with Gasteiger partial charge in [-0.3, -0.25) is 19.2 Å². The summed E-state index contributed by atoms with van der Waals surface area (Å²) in [6.07, 6.45) is 1.90. The summed E-state index contributed by atoms with van der Waals surface area (Å²) < 4.78 is 5.77. The first-order chi connectivity index (χ1) is 17.5. The molecule has 2 aliphatic heterocycles. The molecule has 3 aliphatic rings. The lowest BCUT2D eigenvalue weighted by molar-refractivity contribution is -0.124. The summed E-state index contributed by atoms with van der Waals surface area (Å²) in [5, 5.41) is 24.3. The molecule has 190 valence electrons. The highest BCUT2D eigenvalue weighted by Crippen LogP contribution is 2.57. The Balaban J connectivity index is 1.50. The van der Waals surface area contributed by atoms with Gasteiger partial charge in [0.05, 0.1) is 17.7 Å². The van der Waals surface area contributed by atoms with Crippen LogP contribution in [0.25, 0.3) is 0 Å². The molecule has 1 atom stereocenters. The number of rotatable bonds is 4. The molecule has 9 nitrogen and oxygen atoms in total. The summed E-state index contributed by atoms with van der Waals surface area (Å²) in [7, 11) is 0. The van der Waals surface area contributed by atoms with E-state index < -0.39 is 28.5 Å². The lowest BCUT2D eigenvalue weighted by Gasteiger charge is -2.29. The predicted octanol–water partition coefficient (Wildman–Crippen LogP) is 2.75. The minimum absolute atomic E-state index is 0.0202. The maximum Gasteiger partial charge on any atom is 0.246 e. The van der Waals surface area contributed by atoms with Gasteiger partial charge in [0, 0.05) is 29.6 Å². The second-order valence-corrected chi connectivity index (χ2v) is 9.66. The second-order valence-electron chi connectivity index (χ2n) is 9.66. The van der Waals surface area contributed by atoms with E-state index in [4.69, 9.17) is 4.74 Å². The fourth-order valence-electron chi connectivity index (χ4n) is 5.35. The zero-order valence-corrected chi connectivity index (χ0v) is 20.9. The molecule has 0 bridgehead atoms. The minimum atomic E-state index is -1.60. The number of amides is 1. The van der Waals surface area contributed by atoms with E-state index in [-0.39, 0.29) is 57.7 Å². The Bertz CT molecular complexity index is 1500. The van der Waals surface area contributed by atoms with E-state index in [1.807, 2.05) is 24.3 Å². The zero-order chi connectivity index (χ0) is 26.8. The number of benzene rings is 2. The molecular formula is C28H26N2O7. The van der Waals surface area contributed by atoms with Crippen LogP contribution < -0.4 is 15.0 Å². The number of fused-ring (bicyclic) bond motifs is 4. The van der Waals surface area contributed by atoms with Crippen LogP contribution in [0.1, 0.15) is 47.8 Å². The summed E-state index contributed by atoms with van der Waals surface area (Å²) >= 11 is 0. The highest BCUT2D eigenvalue weighted by Gasteiger charge is 2.56. The van der Waals surface area contributed by atoms with Crippen LogP contribution in [0.4, 0.5) is 5.69 Å². The Morgan fingerprint density at radius 3 is 2.54 bits per heavy atom. The number of carbonyl (C=O) groups is 4. The number of ketones is 3. The smallest absolute Gasteiger partial charge is 0.246 e. The van der Waals surface area contributed by atoms with Crippen molar-refractivity contribution in [3.63, 3.8) is 0 Å². The van der Waals surface area contributed by atoms with E-state index in [0.717, 1.165) is 23.7 Å². The number of hydrogen-bond acceptors (Lipinski definition) is 8. The molecule has 0 saturated carbocycles. The first-order valence-electron chi connectivity index (χ1n) is 11.9. The summed E-state index contributed by atoms with van der Waals surface area (Å²) in [4.78, 5) is 53.8. The number of carbonyl (C=O) groups excluding carboxylic acids is 4. The van der Waals surface area contributed by atoms with Gasteiger partial charge < -0.3 is 25.2 Å². The third-order valence-corrected chi connectivity index (χ3v) is 7.45. The number of ether oxygens (including phenoxy) is 1. The third kappa shape index (κ3) is 3.37. The van der Waals surface area contributed by atoms with Crippen molar-refractivity contribution in [2.45, 2.75) is 39.5 Å². The van der Waals surface area contributed by atoms with E-state index in [1.165, 1.54) is 27.7 Å². The molecule has 2 aromatic rings. The Kier molecular flexibility index (Phi) is 5.47. The largest absolute Gasteiger partial charge is 0.507 e. The fraction of sp³-hybridized carbons (Fsp3) is 0.286. The summed E-state index contributed by atoms with van der Waals surface area (Å²) in [5.74, 6) is -3.01. The summed E-state index contributed by atoms with van der Waals surface area (Å²) in [5.41, 5.74) is 0.239. The molecule has 1 aliphatic carbocycles. The number of para-hydroxylation sites is 1. The van der Waals surface area contributed by atoms with Gasteiger partial charge in [0.25, 0.3) is 0 Å². The van der Waals surface area contributed by atoms with Crippen molar-refractivity contribution < 1.29 is 34.1 Å².